The molecule has 0 spiro atoms. The zero-order valence-corrected chi connectivity index (χ0v) is 13.6. The lowest BCUT2D eigenvalue weighted by Gasteiger charge is -2.15. The molecule has 0 saturated carbocycles. The van der Waals surface area contributed by atoms with Gasteiger partial charge in [-0.25, -0.2) is 0 Å². The molecule has 0 fully saturated rings. The van der Waals surface area contributed by atoms with Gasteiger partial charge in [0.1, 0.15) is 0 Å². The molecule has 0 amide bonds. The molecule has 2 rings (SSSR count). The van der Waals surface area contributed by atoms with E-state index in [2.05, 4.69) is 48.6 Å². The Morgan fingerprint density at radius 2 is 1.64 bits per heavy atom. The van der Waals surface area contributed by atoms with Crippen molar-refractivity contribution in [3.8, 4) is 11.5 Å². The Labute approximate surface area is 133 Å². The first kappa shape index (κ1) is 16.4. The van der Waals surface area contributed by atoms with Gasteiger partial charge in [-0.05, 0) is 43.0 Å². The number of hydrogen-bond acceptors (Lipinski definition) is 3. The zero-order valence-electron chi connectivity index (χ0n) is 13.6. The molecule has 2 aromatic rings. The summed E-state index contributed by atoms with van der Waals surface area (Å²) in [6.45, 7) is 3.06. The average molecular weight is 299 g/mol. The number of aryl methyl sites for hydroxylation is 1. The highest BCUT2D eigenvalue weighted by Crippen LogP contribution is 2.27. The molecule has 118 valence electrons. The van der Waals surface area contributed by atoms with Crippen molar-refractivity contribution < 1.29 is 9.47 Å². The minimum atomic E-state index is 0.466. The van der Waals surface area contributed by atoms with Gasteiger partial charge in [-0.15, -0.1) is 0 Å². The van der Waals surface area contributed by atoms with Gasteiger partial charge in [0.2, 0.25) is 0 Å². The number of methoxy groups -OCH3 is 2. The second kappa shape index (κ2) is 8.44. The van der Waals surface area contributed by atoms with E-state index >= 15 is 0 Å². The third-order valence-corrected chi connectivity index (χ3v) is 3.81. The van der Waals surface area contributed by atoms with Crippen LogP contribution in [0.15, 0.2) is 48.5 Å². The Balaban J connectivity index is 1.82. The van der Waals surface area contributed by atoms with E-state index in [4.69, 9.17) is 9.47 Å². The molecular weight excluding hydrogens is 274 g/mol. The fraction of sp³-hybridized carbons (Fsp3) is 0.368. The smallest absolute Gasteiger partial charge is 0.161 e. The maximum absolute atomic E-state index is 5.34. The first-order chi connectivity index (χ1) is 10.7. The number of rotatable bonds is 8. The molecule has 3 heteroatoms. The second-order valence-corrected chi connectivity index (χ2v) is 5.50. The van der Waals surface area contributed by atoms with Crippen molar-refractivity contribution >= 4 is 0 Å². The summed E-state index contributed by atoms with van der Waals surface area (Å²) in [5, 5.41) is 3.56. The molecule has 0 aliphatic heterocycles. The SMILES string of the molecule is COc1ccc(CNC(C)CCc2ccccc2)cc1OC. The molecule has 3 nitrogen and oxygen atoms in total. The second-order valence-electron chi connectivity index (χ2n) is 5.50. The molecule has 2 aromatic carbocycles. The highest BCUT2D eigenvalue weighted by atomic mass is 16.5. The minimum Gasteiger partial charge on any atom is -0.493 e. The van der Waals surface area contributed by atoms with Crippen molar-refractivity contribution in [3.63, 3.8) is 0 Å². The average Bonchev–Trinajstić information content (AvgIpc) is 2.58. The normalized spacial score (nSPS) is 12.0. The van der Waals surface area contributed by atoms with Crippen LogP contribution < -0.4 is 14.8 Å². The summed E-state index contributed by atoms with van der Waals surface area (Å²) >= 11 is 0. The number of benzene rings is 2. The molecule has 1 unspecified atom stereocenters. The van der Waals surface area contributed by atoms with E-state index in [-0.39, 0.29) is 0 Å². The van der Waals surface area contributed by atoms with Gasteiger partial charge in [-0.3, -0.25) is 0 Å². The predicted octanol–water partition coefficient (Wildman–Crippen LogP) is 3.81. The van der Waals surface area contributed by atoms with Crippen LogP contribution in [0.4, 0.5) is 0 Å². The molecule has 0 radical (unpaired) electrons. The fourth-order valence-corrected chi connectivity index (χ4v) is 2.41. The highest BCUT2D eigenvalue weighted by molar-refractivity contribution is 5.42. The van der Waals surface area contributed by atoms with Crippen molar-refractivity contribution in [2.75, 3.05) is 14.2 Å². The summed E-state index contributed by atoms with van der Waals surface area (Å²) in [6.07, 6.45) is 2.22. The Hall–Kier alpha value is -2.00. The quantitative estimate of drug-likeness (QED) is 0.804. The first-order valence-electron chi connectivity index (χ1n) is 7.71. The number of nitrogens with one attached hydrogen (secondary N) is 1. The van der Waals surface area contributed by atoms with Gasteiger partial charge in [0.15, 0.2) is 11.5 Å². The summed E-state index contributed by atoms with van der Waals surface area (Å²) in [7, 11) is 3.32. The lowest BCUT2D eigenvalue weighted by atomic mass is 10.1. The molecule has 0 bridgehead atoms. The van der Waals surface area contributed by atoms with Gasteiger partial charge in [0.05, 0.1) is 14.2 Å². The van der Waals surface area contributed by atoms with Crippen LogP contribution in [0.2, 0.25) is 0 Å². The summed E-state index contributed by atoms with van der Waals surface area (Å²) < 4.78 is 10.6. The Kier molecular flexibility index (Phi) is 6.28. The molecule has 0 aliphatic carbocycles. The zero-order chi connectivity index (χ0) is 15.8. The number of ether oxygens (including phenoxy) is 2. The van der Waals surface area contributed by atoms with E-state index in [0.29, 0.717) is 6.04 Å². The molecule has 0 aliphatic rings. The van der Waals surface area contributed by atoms with Crippen molar-refractivity contribution in [1.82, 2.24) is 5.32 Å². The van der Waals surface area contributed by atoms with Crippen molar-refractivity contribution in [1.29, 1.82) is 0 Å². The lowest BCUT2D eigenvalue weighted by Crippen LogP contribution is -2.25. The molecule has 0 aromatic heterocycles. The van der Waals surface area contributed by atoms with Crippen LogP contribution in [-0.2, 0) is 13.0 Å². The molecule has 0 saturated heterocycles. The highest BCUT2D eigenvalue weighted by Gasteiger charge is 2.06. The summed E-state index contributed by atoms with van der Waals surface area (Å²) in [5.41, 5.74) is 2.59. The van der Waals surface area contributed by atoms with Gasteiger partial charge in [-0.1, -0.05) is 36.4 Å². The lowest BCUT2D eigenvalue weighted by molar-refractivity contribution is 0.354. The van der Waals surface area contributed by atoms with Gasteiger partial charge >= 0.3 is 0 Å². The summed E-state index contributed by atoms with van der Waals surface area (Å²) in [5.74, 6) is 1.54. The topological polar surface area (TPSA) is 30.5 Å². The van der Waals surface area contributed by atoms with Crippen LogP contribution in [0.5, 0.6) is 11.5 Å². The van der Waals surface area contributed by atoms with E-state index in [1.807, 2.05) is 12.1 Å². The fourth-order valence-electron chi connectivity index (χ4n) is 2.41. The molecular formula is C19H25NO2. The molecule has 22 heavy (non-hydrogen) atoms. The molecule has 1 N–H and O–H groups in total. The maximum atomic E-state index is 5.34. The van der Waals surface area contributed by atoms with Crippen LogP contribution in [0.3, 0.4) is 0 Å². The van der Waals surface area contributed by atoms with Crippen molar-refractivity contribution in [2.45, 2.75) is 32.4 Å². The first-order valence-corrected chi connectivity index (χ1v) is 7.71. The van der Waals surface area contributed by atoms with E-state index < -0.39 is 0 Å². The van der Waals surface area contributed by atoms with Crippen LogP contribution in [0, 0.1) is 0 Å². The Morgan fingerprint density at radius 1 is 0.909 bits per heavy atom. The predicted molar refractivity (Wildman–Crippen MR) is 90.6 cm³/mol. The monoisotopic (exact) mass is 299 g/mol. The van der Waals surface area contributed by atoms with Crippen LogP contribution >= 0.6 is 0 Å². The van der Waals surface area contributed by atoms with Crippen LogP contribution in [-0.4, -0.2) is 20.3 Å². The maximum Gasteiger partial charge on any atom is 0.161 e. The number of hydrogen-bond donors (Lipinski definition) is 1. The van der Waals surface area contributed by atoms with Crippen LogP contribution in [0.25, 0.3) is 0 Å². The Morgan fingerprint density at radius 3 is 2.32 bits per heavy atom. The van der Waals surface area contributed by atoms with Gasteiger partial charge < -0.3 is 14.8 Å². The minimum absolute atomic E-state index is 0.466. The van der Waals surface area contributed by atoms with Crippen molar-refractivity contribution in [3.05, 3.63) is 59.7 Å². The van der Waals surface area contributed by atoms with E-state index in [1.54, 1.807) is 14.2 Å². The largest absolute Gasteiger partial charge is 0.493 e. The molecule has 0 heterocycles. The third-order valence-electron chi connectivity index (χ3n) is 3.81. The molecule has 1 atom stereocenters. The van der Waals surface area contributed by atoms with Crippen molar-refractivity contribution in [2.24, 2.45) is 0 Å². The van der Waals surface area contributed by atoms with E-state index in [0.717, 1.165) is 30.9 Å². The van der Waals surface area contributed by atoms with E-state index in [9.17, 15) is 0 Å². The van der Waals surface area contributed by atoms with Crippen LogP contribution in [0.1, 0.15) is 24.5 Å². The Bertz CT molecular complexity index is 569. The standard InChI is InChI=1S/C19H25NO2/c1-15(9-10-16-7-5-4-6-8-16)20-14-17-11-12-18(21-2)19(13-17)22-3/h4-8,11-13,15,20H,9-10,14H2,1-3H3. The summed E-state index contributed by atoms with van der Waals surface area (Å²) in [4.78, 5) is 0. The van der Waals surface area contributed by atoms with Gasteiger partial charge in [0, 0.05) is 12.6 Å². The van der Waals surface area contributed by atoms with E-state index in [1.165, 1.54) is 11.1 Å². The van der Waals surface area contributed by atoms with Gasteiger partial charge in [0.25, 0.3) is 0 Å². The van der Waals surface area contributed by atoms with Gasteiger partial charge in [-0.2, -0.15) is 0 Å². The third kappa shape index (κ3) is 4.78. The summed E-state index contributed by atoms with van der Waals surface area (Å²) in [6, 6.07) is 17.1.